The van der Waals surface area contributed by atoms with E-state index in [1.807, 2.05) is 14.1 Å². The molecule has 0 amide bonds. The molecule has 0 saturated heterocycles. The first-order valence-electron chi connectivity index (χ1n) is 3.62. The number of hydrogen-bond donors (Lipinski definition) is 1. The molecule has 0 fully saturated rings. The van der Waals surface area contributed by atoms with Gasteiger partial charge in [0.05, 0.1) is 6.20 Å². The van der Waals surface area contributed by atoms with Crippen LogP contribution in [0.15, 0.2) is 18.5 Å². The van der Waals surface area contributed by atoms with E-state index in [0.29, 0.717) is 6.42 Å². The van der Waals surface area contributed by atoms with E-state index in [1.165, 1.54) is 0 Å². The Labute approximate surface area is 72.0 Å². The van der Waals surface area contributed by atoms with Crippen LogP contribution in [-0.4, -0.2) is 30.6 Å². The molecule has 0 radical (unpaired) electrons. The molecule has 0 aliphatic carbocycles. The summed E-state index contributed by atoms with van der Waals surface area (Å²) in [6.45, 7) is 0. The Morgan fingerprint density at radius 1 is 1.50 bits per heavy atom. The van der Waals surface area contributed by atoms with Gasteiger partial charge in [-0.05, 0) is 25.7 Å². The van der Waals surface area contributed by atoms with Crippen LogP contribution < -0.4 is 5.32 Å². The summed E-state index contributed by atoms with van der Waals surface area (Å²) in [6, 6.07) is 1.77. The fourth-order valence-corrected chi connectivity index (χ4v) is 0.535. The molecule has 12 heavy (non-hydrogen) atoms. The van der Waals surface area contributed by atoms with Crippen LogP contribution in [-0.2, 0) is 11.2 Å². The molecule has 0 aliphatic heterocycles. The lowest BCUT2D eigenvalue weighted by molar-refractivity contribution is -0.107. The zero-order valence-electron chi connectivity index (χ0n) is 7.32. The molecule has 1 aromatic heterocycles. The predicted octanol–water partition coefficient (Wildman–Crippen LogP) is 0.0536. The first-order valence-corrected chi connectivity index (χ1v) is 3.62. The Kier molecular flexibility index (Phi) is 6.97. The van der Waals surface area contributed by atoms with Gasteiger partial charge in [-0.15, -0.1) is 0 Å². The third-order valence-corrected chi connectivity index (χ3v) is 0.965. The van der Waals surface area contributed by atoms with Gasteiger partial charge in [0.25, 0.3) is 0 Å². The predicted molar refractivity (Wildman–Crippen MR) is 46.8 cm³/mol. The summed E-state index contributed by atoms with van der Waals surface area (Å²) in [5, 5.41) is 9.91. The molecule has 0 unspecified atom stereocenters. The van der Waals surface area contributed by atoms with Crippen LogP contribution in [0.3, 0.4) is 0 Å². The number of carbonyl (C=O) groups excluding carboxylic acids is 1. The van der Waals surface area contributed by atoms with Gasteiger partial charge in [-0.3, -0.25) is 0 Å². The van der Waals surface area contributed by atoms with Crippen LogP contribution >= 0.6 is 0 Å². The summed E-state index contributed by atoms with van der Waals surface area (Å²) in [5.41, 5.74) is 0.903. The first-order chi connectivity index (χ1) is 5.85. The summed E-state index contributed by atoms with van der Waals surface area (Å²) < 4.78 is 0. The highest BCUT2D eigenvalue weighted by atomic mass is 16.1. The Morgan fingerprint density at radius 3 is 2.58 bits per heavy atom. The quantitative estimate of drug-likeness (QED) is 0.632. The highest BCUT2D eigenvalue weighted by Crippen LogP contribution is 1.90. The van der Waals surface area contributed by atoms with Crippen molar-refractivity contribution in [3.8, 4) is 0 Å². The topological polar surface area (TPSA) is 54.9 Å². The summed E-state index contributed by atoms with van der Waals surface area (Å²) in [5.74, 6) is 0. The summed E-state index contributed by atoms with van der Waals surface area (Å²) in [7, 11) is 3.75. The van der Waals surface area contributed by atoms with E-state index in [2.05, 4.69) is 15.5 Å². The molecule has 0 atom stereocenters. The van der Waals surface area contributed by atoms with Crippen molar-refractivity contribution in [3.63, 3.8) is 0 Å². The second-order valence-corrected chi connectivity index (χ2v) is 2.12. The van der Waals surface area contributed by atoms with Crippen LogP contribution in [0.1, 0.15) is 5.56 Å². The van der Waals surface area contributed by atoms with Crippen molar-refractivity contribution < 1.29 is 4.79 Å². The molecule has 1 N–H and O–H groups in total. The molecular weight excluding hydrogens is 154 g/mol. The lowest BCUT2D eigenvalue weighted by Crippen LogP contribution is -1.89. The van der Waals surface area contributed by atoms with Gasteiger partial charge in [-0.1, -0.05) is 0 Å². The molecule has 1 heterocycles. The number of nitrogens with zero attached hydrogens (tertiary/aromatic N) is 2. The van der Waals surface area contributed by atoms with Crippen molar-refractivity contribution in [3.05, 3.63) is 24.0 Å². The third kappa shape index (κ3) is 5.49. The summed E-state index contributed by atoms with van der Waals surface area (Å²) in [6.07, 6.45) is 4.42. The lowest BCUT2D eigenvalue weighted by Gasteiger charge is -1.87. The molecule has 66 valence electrons. The number of aromatic nitrogens is 2. The maximum atomic E-state index is 9.93. The minimum atomic E-state index is 0.426. The SMILES string of the molecule is CNC.O=CCc1ccnnc1. The van der Waals surface area contributed by atoms with Crippen molar-refractivity contribution in [2.24, 2.45) is 0 Å². The van der Waals surface area contributed by atoms with Gasteiger partial charge >= 0.3 is 0 Å². The van der Waals surface area contributed by atoms with E-state index in [1.54, 1.807) is 18.5 Å². The van der Waals surface area contributed by atoms with Crippen LogP contribution in [0.2, 0.25) is 0 Å². The molecule has 0 aromatic carbocycles. The van der Waals surface area contributed by atoms with Gasteiger partial charge in [0, 0.05) is 12.6 Å². The van der Waals surface area contributed by atoms with Gasteiger partial charge in [0.2, 0.25) is 0 Å². The van der Waals surface area contributed by atoms with Crippen LogP contribution in [0, 0.1) is 0 Å². The van der Waals surface area contributed by atoms with E-state index in [9.17, 15) is 4.79 Å². The second kappa shape index (κ2) is 7.81. The largest absolute Gasteiger partial charge is 0.323 e. The van der Waals surface area contributed by atoms with Gasteiger partial charge < -0.3 is 10.1 Å². The standard InChI is InChI=1S/C6H6N2O.C2H7N/c9-4-2-6-1-3-7-8-5-6;1-3-2/h1,3-5H,2H2;3H,1-2H3. The molecule has 0 aliphatic rings. The third-order valence-electron chi connectivity index (χ3n) is 0.965. The fourth-order valence-electron chi connectivity index (χ4n) is 0.535. The van der Waals surface area contributed by atoms with Crippen LogP contribution in [0.4, 0.5) is 0 Å². The molecule has 4 nitrogen and oxygen atoms in total. The van der Waals surface area contributed by atoms with Crippen molar-refractivity contribution in [1.82, 2.24) is 15.5 Å². The number of aldehydes is 1. The molecule has 4 heteroatoms. The van der Waals surface area contributed by atoms with Crippen molar-refractivity contribution in [2.45, 2.75) is 6.42 Å². The molecule has 1 aromatic rings. The number of rotatable bonds is 2. The first kappa shape index (κ1) is 10.7. The van der Waals surface area contributed by atoms with Gasteiger partial charge in [-0.25, -0.2) is 0 Å². The number of hydrogen-bond acceptors (Lipinski definition) is 4. The molecule has 0 bridgehead atoms. The monoisotopic (exact) mass is 167 g/mol. The maximum absolute atomic E-state index is 9.93. The average molecular weight is 167 g/mol. The molecule has 0 spiro atoms. The molecular formula is C8H13N3O. The molecule has 0 saturated carbocycles. The Balaban J connectivity index is 0.000000354. The molecule has 1 rings (SSSR count). The van der Waals surface area contributed by atoms with E-state index in [0.717, 1.165) is 11.8 Å². The average Bonchev–Trinajstić information content (AvgIpc) is 2.08. The van der Waals surface area contributed by atoms with Crippen LogP contribution in [0.5, 0.6) is 0 Å². The zero-order chi connectivity index (χ0) is 9.23. The highest BCUT2D eigenvalue weighted by molar-refractivity contribution is 5.54. The van der Waals surface area contributed by atoms with E-state index in [-0.39, 0.29) is 0 Å². The van der Waals surface area contributed by atoms with Gasteiger partial charge in [0.15, 0.2) is 0 Å². The highest BCUT2D eigenvalue weighted by Gasteiger charge is 1.86. The Bertz CT molecular complexity index is 201. The summed E-state index contributed by atoms with van der Waals surface area (Å²) >= 11 is 0. The number of carbonyl (C=O) groups is 1. The number of nitrogens with one attached hydrogen (secondary N) is 1. The van der Waals surface area contributed by atoms with Crippen molar-refractivity contribution >= 4 is 6.29 Å². The van der Waals surface area contributed by atoms with Crippen molar-refractivity contribution in [1.29, 1.82) is 0 Å². The second-order valence-electron chi connectivity index (χ2n) is 2.12. The zero-order valence-corrected chi connectivity index (χ0v) is 7.32. The van der Waals surface area contributed by atoms with Gasteiger partial charge in [-0.2, -0.15) is 10.2 Å². The van der Waals surface area contributed by atoms with E-state index in [4.69, 9.17) is 0 Å². The summed E-state index contributed by atoms with van der Waals surface area (Å²) in [4.78, 5) is 9.93. The minimum absolute atomic E-state index is 0.426. The van der Waals surface area contributed by atoms with Gasteiger partial charge in [0.1, 0.15) is 6.29 Å². The van der Waals surface area contributed by atoms with Crippen molar-refractivity contribution in [2.75, 3.05) is 14.1 Å². The van der Waals surface area contributed by atoms with Crippen LogP contribution in [0.25, 0.3) is 0 Å². The maximum Gasteiger partial charge on any atom is 0.124 e. The lowest BCUT2D eigenvalue weighted by atomic mass is 10.2. The fraction of sp³-hybridized carbons (Fsp3) is 0.375. The Hall–Kier alpha value is -1.29. The van der Waals surface area contributed by atoms with E-state index >= 15 is 0 Å². The minimum Gasteiger partial charge on any atom is -0.323 e. The Morgan fingerprint density at radius 2 is 2.17 bits per heavy atom. The smallest absolute Gasteiger partial charge is 0.124 e. The normalized spacial score (nSPS) is 8.17. The van der Waals surface area contributed by atoms with E-state index < -0.39 is 0 Å².